The standard InChI is InChI=1S/C21H26FNO2/c1-25-21-11-10-20(24)13-18(21)15-23-12-2-3-17(14-23)5-4-16-6-8-19(22)9-7-16/h6-11,13,17,24H,2-5,12,14-15H2,1H3/t17-/m1/s1. The van der Waals surface area contributed by atoms with E-state index in [1.165, 1.54) is 30.5 Å². The van der Waals surface area contributed by atoms with Crippen LogP contribution in [0.25, 0.3) is 0 Å². The molecule has 0 unspecified atom stereocenters. The van der Waals surface area contributed by atoms with Gasteiger partial charge in [0.15, 0.2) is 0 Å². The molecule has 25 heavy (non-hydrogen) atoms. The molecule has 0 spiro atoms. The van der Waals surface area contributed by atoms with E-state index in [0.717, 1.165) is 43.8 Å². The van der Waals surface area contributed by atoms with E-state index in [-0.39, 0.29) is 11.6 Å². The summed E-state index contributed by atoms with van der Waals surface area (Å²) >= 11 is 0. The molecule has 134 valence electrons. The summed E-state index contributed by atoms with van der Waals surface area (Å²) in [6, 6.07) is 12.1. The number of phenols is 1. The Bertz CT molecular complexity index is 687. The van der Waals surface area contributed by atoms with Crippen molar-refractivity contribution in [1.82, 2.24) is 4.90 Å². The molecule has 3 nitrogen and oxygen atoms in total. The number of nitrogens with zero attached hydrogens (tertiary/aromatic N) is 1. The number of benzene rings is 2. The number of aromatic hydroxyl groups is 1. The summed E-state index contributed by atoms with van der Waals surface area (Å²) in [7, 11) is 1.66. The lowest BCUT2D eigenvalue weighted by molar-refractivity contribution is 0.160. The summed E-state index contributed by atoms with van der Waals surface area (Å²) in [5, 5.41) is 9.74. The summed E-state index contributed by atoms with van der Waals surface area (Å²) in [5.74, 6) is 1.58. The highest BCUT2D eigenvalue weighted by Gasteiger charge is 2.21. The Morgan fingerprint density at radius 1 is 1.20 bits per heavy atom. The molecule has 0 bridgehead atoms. The SMILES string of the molecule is COc1ccc(O)cc1CN1CCC[C@H](CCc2ccc(F)cc2)C1. The number of rotatable bonds is 6. The van der Waals surface area contributed by atoms with Crippen molar-refractivity contribution in [3.05, 3.63) is 59.4 Å². The maximum Gasteiger partial charge on any atom is 0.123 e. The molecular formula is C21H26FNO2. The molecule has 1 aliphatic heterocycles. The average molecular weight is 343 g/mol. The third-order valence-corrected chi connectivity index (χ3v) is 5.02. The van der Waals surface area contributed by atoms with Crippen molar-refractivity contribution in [2.45, 2.75) is 32.2 Å². The molecule has 3 rings (SSSR count). The van der Waals surface area contributed by atoms with Crippen LogP contribution in [0.15, 0.2) is 42.5 Å². The highest BCUT2D eigenvalue weighted by molar-refractivity contribution is 5.39. The minimum Gasteiger partial charge on any atom is -0.508 e. The molecule has 1 atom stereocenters. The Hall–Kier alpha value is -2.07. The van der Waals surface area contributed by atoms with Crippen LogP contribution in [0.3, 0.4) is 0 Å². The van der Waals surface area contributed by atoms with Gasteiger partial charge in [-0.2, -0.15) is 0 Å². The molecule has 0 radical (unpaired) electrons. The number of hydrogen-bond acceptors (Lipinski definition) is 3. The first-order chi connectivity index (χ1) is 12.1. The van der Waals surface area contributed by atoms with Gasteiger partial charge in [0, 0.05) is 18.7 Å². The normalized spacial score (nSPS) is 18.2. The van der Waals surface area contributed by atoms with E-state index in [9.17, 15) is 9.50 Å². The second-order valence-corrected chi connectivity index (χ2v) is 6.90. The predicted octanol–water partition coefficient (Wildman–Crippen LogP) is 4.38. The molecule has 1 aliphatic rings. The number of hydrogen-bond donors (Lipinski definition) is 1. The van der Waals surface area contributed by atoms with Crippen molar-refractivity contribution in [1.29, 1.82) is 0 Å². The quantitative estimate of drug-likeness (QED) is 0.845. The summed E-state index contributed by atoms with van der Waals surface area (Å²) in [5.41, 5.74) is 2.23. The number of halogens is 1. The topological polar surface area (TPSA) is 32.7 Å². The second-order valence-electron chi connectivity index (χ2n) is 6.90. The van der Waals surface area contributed by atoms with Gasteiger partial charge >= 0.3 is 0 Å². The Morgan fingerprint density at radius 2 is 2.00 bits per heavy atom. The van der Waals surface area contributed by atoms with Crippen molar-refractivity contribution >= 4 is 0 Å². The zero-order chi connectivity index (χ0) is 17.6. The van der Waals surface area contributed by atoms with E-state index in [1.54, 1.807) is 19.2 Å². The van der Waals surface area contributed by atoms with Crippen molar-refractivity contribution < 1.29 is 14.2 Å². The van der Waals surface area contributed by atoms with Crippen LogP contribution in [0.5, 0.6) is 11.5 Å². The summed E-state index contributed by atoms with van der Waals surface area (Å²) in [6.45, 7) is 2.93. The summed E-state index contributed by atoms with van der Waals surface area (Å²) < 4.78 is 18.4. The van der Waals surface area contributed by atoms with Gasteiger partial charge in [-0.3, -0.25) is 4.90 Å². The molecule has 1 N–H and O–H groups in total. The van der Waals surface area contributed by atoms with Crippen LogP contribution in [0.4, 0.5) is 4.39 Å². The average Bonchev–Trinajstić information content (AvgIpc) is 2.62. The van der Waals surface area contributed by atoms with E-state index >= 15 is 0 Å². The molecule has 1 heterocycles. The molecule has 1 fully saturated rings. The maximum atomic E-state index is 13.0. The highest BCUT2D eigenvalue weighted by atomic mass is 19.1. The number of likely N-dealkylation sites (tertiary alicyclic amines) is 1. The Morgan fingerprint density at radius 3 is 2.76 bits per heavy atom. The summed E-state index contributed by atoms with van der Waals surface area (Å²) in [6.07, 6.45) is 4.55. The summed E-state index contributed by atoms with van der Waals surface area (Å²) in [4.78, 5) is 2.44. The smallest absolute Gasteiger partial charge is 0.123 e. The molecule has 4 heteroatoms. The first-order valence-corrected chi connectivity index (χ1v) is 8.96. The van der Waals surface area contributed by atoms with Crippen molar-refractivity contribution in [3.8, 4) is 11.5 Å². The van der Waals surface area contributed by atoms with Crippen LogP contribution in [-0.4, -0.2) is 30.2 Å². The maximum absolute atomic E-state index is 13.0. The first-order valence-electron chi connectivity index (χ1n) is 8.96. The van der Waals surface area contributed by atoms with Gasteiger partial charge in [0.1, 0.15) is 17.3 Å². The van der Waals surface area contributed by atoms with Crippen LogP contribution >= 0.6 is 0 Å². The zero-order valence-electron chi connectivity index (χ0n) is 14.7. The predicted molar refractivity (Wildman–Crippen MR) is 97.4 cm³/mol. The van der Waals surface area contributed by atoms with Gasteiger partial charge in [-0.1, -0.05) is 12.1 Å². The minimum absolute atomic E-state index is 0.173. The van der Waals surface area contributed by atoms with Crippen LogP contribution in [0.1, 0.15) is 30.4 Å². The van der Waals surface area contributed by atoms with Gasteiger partial charge in [0.05, 0.1) is 7.11 Å². The van der Waals surface area contributed by atoms with E-state index in [4.69, 9.17) is 4.74 Å². The fraction of sp³-hybridized carbons (Fsp3) is 0.429. The van der Waals surface area contributed by atoms with E-state index < -0.39 is 0 Å². The highest BCUT2D eigenvalue weighted by Crippen LogP contribution is 2.28. The molecule has 0 aromatic heterocycles. The lowest BCUT2D eigenvalue weighted by Gasteiger charge is -2.33. The molecule has 0 saturated carbocycles. The Labute approximate surface area is 149 Å². The molecule has 1 saturated heterocycles. The van der Waals surface area contributed by atoms with Crippen LogP contribution in [0.2, 0.25) is 0 Å². The first kappa shape index (κ1) is 17.7. The molecular weight excluding hydrogens is 317 g/mol. The molecule has 0 aliphatic carbocycles. The minimum atomic E-state index is -0.173. The Kier molecular flexibility index (Phi) is 5.92. The van der Waals surface area contributed by atoms with Gasteiger partial charge in [0.25, 0.3) is 0 Å². The van der Waals surface area contributed by atoms with E-state index in [0.29, 0.717) is 5.92 Å². The lowest BCUT2D eigenvalue weighted by atomic mass is 9.91. The molecule has 2 aromatic rings. The number of methoxy groups -OCH3 is 1. The van der Waals surface area contributed by atoms with Gasteiger partial charge in [-0.05, 0) is 74.0 Å². The van der Waals surface area contributed by atoms with Crippen LogP contribution < -0.4 is 4.74 Å². The monoisotopic (exact) mass is 343 g/mol. The zero-order valence-corrected chi connectivity index (χ0v) is 14.7. The van der Waals surface area contributed by atoms with E-state index in [1.807, 2.05) is 18.2 Å². The number of aryl methyl sites for hydroxylation is 1. The fourth-order valence-corrected chi connectivity index (χ4v) is 3.68. The molecule has 2 aromatic carbocycles. The van der Waals surface area contributed by atoms with Crippen LogP contribution in [-0.2, 0) is 13.0 Å². The number of ether oxygens (including phenoxy) is 1. The van der Waals surface area contributed by atoms with Crippen molar-refractivity contribution in [2.24, 2.45) is 5.92 Å². The van der Waals surface area contributed by atoms with Gasteiger partial charge in [-0.15, -0.1) is 0 Å². The van der Waals surface area contributed by atoms with Gasteiger partial charge in [0.2, 0.25) is 0 Å². The van der Waals surface area contributed by atoms with Crippen molar-refractivity contribution in [2.75, 3.05) is 20.2 Å². The van der Waals surface area contributed by atoms with Gasteiger partial charge in [-0.25, -0.2) is 4.39 Å². The number of piperidine rings is 1. The largest absolute Gasteiger partial charge is 0.508 e. The lowest BCUT2D eigenvalue weighted by Crippen LogP contribution is -2.35. The van der Waals surface area contributed by atoms with E-state index in [2.05, 4.69) is 4.90 Å². The van der Waals surface area contributed by atoms with Crippen LogP contribution in [0, 0.1) is 11.7 Å². The third-order valence-electron chi connectivity index (χ3n) is 5.02. The fourth-order valence-electron chi connectivity index (χ4n) is 3.68. The molecule has 0 amide bonds. The number of phenolic OH excluding ortho intramolecular Hbond substituents is 1. The van der Waals surface area contributed by atoms with Gasteiger partial charge < -0.3 is 9.84 Å². The second kappa shape index (κ2) is 8.34. The van der Waals surface area contributed by atoms with Crippen molar-refractivity contribution in [3.63, 3.8) is 0 Å². The Balaban J connectivity index is 1.56. The third kappa shape index (κ3) is 4.95.